The summed E-state index contributed by atoms with van der Waals surface area (Å²) in [7, 11) is 3.83. The molecule has 0 spiro atoms. The molecular weight excluding hydrogens is 238 g/mol. The van der Waals surface area contributed by atoms with Crippen LogP contribution < -0.4 is 10.5 Å². The van der Waals surface area contributed by atoms with Gasteiger partial charge in [-0.15, -0.1) is 0 Å². The normalized spacial score (nSPS) is 16.8. The van der Waals surface area contributed by atoms with E-state index in [1.807, 2.05) is 49.3 Å². The van der Waals surface area contributed by atoms with Gasteiger partial charge in [-0.2, -0.15) is 0 Å². The summed E-state index contributed by atoms with van der Waals surface area (Å²) in [5.41, 5.74) is 6.96. The Kier molecular flexibility index (Phi) is 5.73. The quantitative estimate of drug-likeness (QED) is 0.642. The summed E-state index contributed by atoms with van der Waals surface area (Å²) in [6.45, 7) is 0.629. The standard InChI is InChI=1S/C11H19N3O2S/c1-14(2)8-10(12)11(13-17(15)16)9-6-4-3-5-7-9/h3-7,10-11,13H,8,12H2,1-2H3,(H,15,16)/t10-,11+/m1/s1. The van der Waals surface area contributed by atoms with Crippen LogP contribution in [0.3, 0.4) is 0 Å². The predicted octanol–water partition coefficient (Wildman–Crippen LogP) is 0.343. The fourth-order valence-corrected chi connectivity index (χ4v) is 2.23. The van der Waals surface area contributed by atoms with Gasteiger partial charge in [-0.1, -0.05) is 30.3 Å². The van der Waals surface area contributed by atoms with Gasteiger partial charge in [-0.25, -0.2) is 8.93 Å². The first-order chi connectivity index (χ1) is 8.00. The van der Waals surface area contributed by atoms with Crippen molar-refractivity contribution in [2.75, 3.05) is 20.6 Å². The summed E-state index contributed by atoms with van der Waals surface area (Å²) >= 11 is -2.08. The average molecular weight is 257 g/mol. The molecule has 0 fully saturated rings. The average Bonchev–Trinajstić information content (AvgIpc) is 2.25. The molecule has 0 amide bonds. The molecule has 0 aliphatic rings. The van der Waals surface area contributed by atoms with Crippen LogP contribution in [-0.2, 0) is 11.3 Å². The van der Waals surface area contributed by atoms with Crippen LogP contribution in [0.1, 0.15) is 11.6 Å². The molecular formula is C11H19N3O2S. The molecule has 1 aromatic rings. The van der Waals surface area contributed by atoms with E-state index >= 15 is 0 Å². The number of nitrogens with two attached hydrogens (primary N) is 1. The van der Waals surface area contributed by atoms with E-state index in [9.17, 15) is 4.21 Å². The molecule has 0 aliphatic carbocycles. The number of rotatable bonds is 6. The highest BCUT2D eigenvalue weighted by Gasteiger charge is 2.21. The van der Waals surface area contributed by atoms with Crippen LogP contribution in [0.2, 0.25) is 0 Å². The van der Waals surface area contributed by atoms with Gasteiger partial charge in [-0.05, 0) is 19.7 Å². The van der Waals surface area contributed by atoms with E-state index in [-0.39, 0.29) is 12.1 Å². The Morgan fingerprint density at radius 2 is 2.00 bits per heavy atom. The minimum atomic E-state index is -2.08. The maximum atomic E-state index is 10.9. The largest absolute Gasteiger partial charge is 0.325 e. The summed E-state index contributed by atoms with van der Waals surface area (Å²) in [5, 5.41) is 0. The number of likely N-dealkylation sites (N-methyl/N-ethyl adjacent to an activating group) is 1. The van der Waals surface area contributed by atoms with Crippen molar-refractivity contribution in [1.29, 1.82) is 0 Å². The fourth-order valence-electron chi connectivity index (χ4n) is 1.70. The van der Waals surface area contributed by atoms with Crippen molar-refractivity contribution >= 4 is 11.3 Å². The summed E-state index contributed by atoms with van der Waals surface area (Å²) < 4.78 is 22.4. The Morgan fingerprint density at radius 1 is 1.41 bits per heavy atom. The van der Waals surface area contributed by atoms with Gasteiger partial charge < -0.3 is 10.6 Å². The molecule has 6 heteroatoms. The number of benzene rings is 1. The Balaban J connectivity index is 2.84. The first kappa shape index (κ1) is 14.3. The second-order valence-electron chi connectivity index (χ2n) is 4.18. The van der Waals surface area contributed by atoms with E-state index in [0.29, 0.717) is 6.54 Å². The SMILES string of the molecule is CN(C)C[C@@H](N)[C@@H](NS(=O)O)c1ccccc1. The Morgan fingerprint density at radius 3 is 2.47 bits per heavy atom. The first-order valence-electron chi connectivity index (χ1n) is 5.33. The number of hydrogen-bond acceptors (Lipinski definition) is 3. The van der Waals surface area contributed by atoms with Crippen molar-refractivity contribution in [3.8, 4) is 0 Å². The van der Waals surface area contributed by atoms with Crippen molar-refractivity contribution in [3.05, 3.63) is 35.9 Å². The molecule has 0 saturated heterocycles. The van der Waals surface area contributed by atoms with Crippen LogP contribution >= 0.6 is 0 Å². The molecule has 5 nitrogen and oxygen atoms in total. The third-order valence-electron chi connectivity index (χ3n) is 2.39. The number of nitrogens with zero attached hydrogens (tertiary/aromatic N) is 1. The predicted molar refractivity (Wildman–Crippen MR) is 69.6 cm³/mol. The zero-order valence-electron chi connectivity index (χ0n) is 10.0. The Bertz CT molecular complexity index is 359. The zero-order chi connectivity index (χ0) is 12.8. The van der Waals surface area contributed by atoms with Gasteiger partial charge >= 0.3 is 0 Å². The summed E-state index contributed by atoms with van der Waals surface area (Å²) in [5.74, 6) is 0. The van der Waals surface area contributed by atoms with Crippen LogP contribution in [0.25, 0.3) is 0 Å². The van der Waals surface area contributed by atoms with Gasteiger partial charge in [0.15, 0.2) is 0 Å². The van der Waals surface area contributed by atoms with Crippen LogP contribution in [-0.4, -0.2) is 40.3 Å². The molecule has 1 aromatic carbocycles. The molecule has 1 unspecified atom stereocenters. The van der Waals surface area contributed by atoms with Gasteiger partial charge in [0.05, 0.1) is 6.04 Å². The van der Waals surface area contributed by atoms with E-state index < -0.39 is 11.3 Å². The van der Waals surface area contributed by atoms with Crippen molar-refractivity contribution < 1.29 is 8.76 Å². The van der Waals surface area contributed by atoms with Crippen LogP contribution in [0.4, 0.5) is 0 Å². The topological polar surface area (TPSA) is 78.6 Å². The first-order valence-corrected chi connectivity index (χ1v) is 6.43. The van der Waals surface area contributed by atoms with Gasteiger partial charge in [0.1, 0.15) is 0 Å². The molecule has 0 aromatic heterocycles. The highest BCUT2D eigenvalue weighted by atomic mass is 32.2. The molecule has 17 heavy (non-hydrogen) atoms. The Hall–Kier alpha value is -0.790. The van der Waals surface area contributed by atoms with E-state index in [0.717, 1.165) is 5.56 Å². The maximum absolute atomic E-state index is 10.9. The van der Waals surface area contributed by atoms with Gasteiger partial charge in [0.25, 0.3) is 0 Å². The second kappa shape index (κ2) is 6.83. The third kappa shape index (κ3) is 4.93. The maximum Gasteiger partial charge on any atom is 0.232 e. The minimum Gasteiger partial charge on any atom is -0.325 e. The lowest BCUT2D eigenvalue weighted by Crippen LogP contribution is -2.44. The lowest BCUT2D eigenvalue weighted by atomic mass is 10.0. The van der Waals surface area contributed by atoms with E-state index in [1.165, 1.54) is 0 Å². The molecule has 0 heterocycles. The highest BCUT2D eigenvalue weighted by Crippen LogP contribution is 2.16. The molecule has 1 rings (SSSR count). The van der Waals surface area contributed by atoms with Crippen LogP contribution in [0.15, 0.2) is 30.3 Å². The molecule has 3 atom stereocenters. The molecule has 4 N–H and O–H groups in total. The summed E-state index contributed by atoms with van der Waals surface area (Å²) in [6.07, 6.45) is 0. The minimum absolute atomic E-state index is 0.261. The second-order valence-corrected chi connectivity index (χ2v) is 4.92. The van der Waals surface area contributed by atoms with Gasteiger partial charge in [0, 0.05) is 12.6 Å². The zero-order valence-corrected chi connectivity index (χ0v) is 10.9. The number of hydrogen-bond donors (Lipinski definition) is 3. The molecule has 0 radical (unpaired) electrons. The van der Waals surface area contributed by atoms with Crippen molar-refractivity contribution in [2.24, 2.45) is 5.73 Å². The van der Waals surface area contributed by atoms with Crippen LogP contribution in [0.5, 0.6) is 0 Å². The van der Waals surface area contributed by atoms with Crippen molar-refractivity contribution in [2.45, 2.75) is 12.1 Å². The smallest absolute Gasteiger partial charge is 0.232 e. The van der Waals surface area contributed by atoms with Crippen LogP contribution in [0, 0.1) is 0 Å². The highest BCUT2D eigenvalue weighted by molar-refractivity contribution is 7.77. The van der Waals surface area contributed by atoms with E-state index in [1.54, 1.807) is 0 Å². The monoisotopic (exact) mass is 257 g/mol. The fraction of sp³-hybridized carbons (Fsp3) is 0.455. The Labute approximate surface area is 104 Å². The molecule has 0 aliphatic heterocycles. The number of nitrogens with one attached hydrogen (secondary N) is 1. The van der Waals surface area contributed by atoms with E-state index in [2.05, 4.69) is 4.72 Å². The van der Waals surface area contributed by atoms with Gasteiger partial charge in [0.2, 0.25) is 11.3 Å². The lowest BCUT2D eigenvalue weighted by Gasteiger charge is -2.26. The van der Waals surface area contributed by atoms with Crippen molar-refractivity contribution in [3.63, 3.8) is 0 Å². The van der Waals surface area contributed by atoms with Crippen molar-refractivity contribution in [1.82, 2.24) is 9.62 Å². The summed E-state index contributed by atoms with van der Waals surface area (Å²) in [6, 6.07) is 8.83. The third-order valence-corrected chi connectivity index (χ3v) is 2.85. The van der Waals surface area contributed by atoms with Gasteiger partial charge in [-0.3, -0.25) is 4.55 Å². The molecule has 96 valence electrons. The summed E-state index contributed by atoms with van der Waals surface area (Å²) in [4.78, 5) is 1.95. The molecule has 0 saturated carbocycles. The van der Waals surface area contributed by atoms with E-state index in [4.69, 9.17) is 10.3 Å². The molecule has 0 bridgehead atoms. The lowest BCUT2D eigenvalue weighted by molar-refractivity contribution is 0.337.